The van der Waals surface area contributed by atoms with Crippen LogP contribution in [0.4, 0.5) is 0 Å². The predicted octanol–water partition coefficient (Wildman–Crippen LogP) is 3.88. The lowest BCUT2D eigenvalue weighted by atomic mass is 10.1. The minimum atomic E-state index is -3.67. The summed E-state index contributed by atoms with van der Waals surface area (Å²) in [4.78, 5) is 0.166. The smallest absolute Gasteiger partial charge is 0.241 e. The lowest BCUT2D eigenvalue weighted by Crippen LogP contribution is -2.27. The van der Waals surface area contributed by atoms with E-state index in [9.17, 15) is 8.42 Å². The molecule has 8 heteroatoms. The summed E-state index contributed by atoms with van der Waals surface area (Å²) >= 11 is 5.83. The van der Waals surface area contributed by atoms with Gasteiger partial charge in [-0.1, -0.05) is 11.6 Å². The lowest BCUT2D eigenvalue weighted by molar-refractivity contribution is 0.414. The second-order valence-corrected chi connectivity index (χ2v) is 8.24. The van der Waals surface area contributed by atoms with Crippen molar-refractivity contribution in [2.75, 3.05) is 7.11 Å². The predicted molar refractivity (Wildman–Crippen MR) is 105 cm³/mol. The van der Waals surface area contributed by atoms with Crippen LogP contribution in [0.3, 0.4) is 0 Å². The van der Waals surface area contributed by atoms with E-state index in [0.29, 0.717) is 5.02 Å². The van der Waals surface area contributed by atoms with Gasteiger partial charge in [-0.2, -0.15) is 5.10 Å². The quantitative estimate of drug-likeness (QED) is 0.675. The Morgan fingerprint density at radius 2 is 1.74 bits per heavy atom. The zero-order valence-electron chi connectivity index (χ0n) is 15.2. The van der Waals surface area contributed by atoms with Gasteiger partial charge in [0.2, 0.25) is 10.0 Å². The van der Waals surface area contributed by atoms with Gasteiger partial charge in [0.25, 0.3) is 0 Å². The second-order valence-electron chi connectivity index (χ2n) is 6.09. The Bertz CT molecular complexity index is 1030. The van der Waals surface area contributed by atoms with Crippen LogP contribution in [0.5, 0.6) is 5.75 Å². The zero-order valence-corrected chi connectivity index (χ0v) is 16.8. The monoisotopic (exact) mass is 405 g/mol. The summed E-state index contributed by atoms with van der Waals surface area (Å²) in [5.41, 5.74) is 2.52. The Kier molecular flexibility index (Phi) is 5.55. The van der Waals surface area contributed by atoms with Gasteiger partial charge in [-0.25, -0.2) is 17.8 Å². The lowest BCUT2D eigenvalue weighted by Gasteiger charge is -2.15. The van der Waals surface area contributed by atoms with Crippen molar-refractivity contribution >= 4 is 21.6 Å². The van der Waals surface area contributed by atoms with Gasteiger partial charge in [0.1, 0.15) is 5.75 Å². The molecule has 0 bridgehead atoms. The maximum absolute atomic E-state index is 12.6. The molecular weight excluding hydrogens is 386 g/mol. The van der Waals surface area contributed by atoms with E-state index in [-0.39, 0.29) is 4.90 Å². The van der Waals surface area contributed by atoms with Crippen molar-refractivity contribution in [3.63, 3.8) is 0 Å². The largest absolute Gasteiger partial charge is 0.497 e. The summed E-state index contributed by atoms with van der Waals surface area (Å²) in [6, 6.07) is 13.1. The molecule has 0 amide bonds. The number of benzene rings is 2. The third-order valence-electron chi connectivity index (χ3n) is 4.29. The number of hydrogen-bond acceptors (Lipinski definition) is 4. The summed E-state index contributed by atoms with van der Waals surface area (Å²) in [7, 11) is -2.06. The highest BCUT2D eigenvalue weighted by molar-refractivity contribution is 7.89. The Balaban J connectivity index is 1.84. The molecule has 1 heterocycles. The van der Waals surface area contributed by atoms with Crippen molar-refractivity contribution < 1.29 is 13.2 Å². The van der Waals surface area contributed by atoms with E-state index in [1.165, 1.54) is 12.1 Å². The van der Waals surface area contributed by atoms with E-state index in [4.69, 9.17) is 16.3 Å². The van der Waals surface area contributed by atoms with Crippen LogP contribution in [-0.2, 0) is 10.0 Å². The highest BCUT2D eigenvalue weighted by atomic mass is 35.5. The highest BCUT2D eigenvalue weighted by Crippen LogP contribution is 2.23. The Morgan fingerprint density at radius 3 is 2.33 bits per heavy atom. The number of methoxy groups -OCH3 is 1. The number of sulfonamides is 1. The molecular formula is C19H20ClN3O3S. The van der Waals surface area contributed by atoms with Gasteiger partial charge in [-0.3, -0.25) is 0 Å². The van der Waals surface area contributed by atoms with Gasteiger partial charge in [0.05, 0.1) is 23.9 Å². The van der Waals surface area contributed by atoms with E-state index < -0.39 is 16.1 Å². The summed E-state index contributed by atoms with van der Waals surface area (Å²) in [6.45, 7) is 3.69. The van der Waals surface area contributed by atoms with E-state index in [1.54, 1.807) is 37.0 Å². The average molecular weight is 406 g/mol. The number of hydrogen-bond donors (Lipinski definition) is 1. The third kappa shape index (κ3) is 4.16. The minimum absolute atomic E-state index is 0.166. The van der Waals surface area contributed by atoms with E-state index >= 15 is 0 Å². The number of nitrogens with zero attached hydrogens (tertiary/aromatic N) is 2. The first-order valence-corrected chi connectivity index (χ1v) is 10.1. The molecule has 0 saturated heterocycles. The fourth-order valence-electron chi connectivity index (χ4n) is 2.81. The first kappa shape index (κ1) is 19.4. The summed E-state index contributed by atoms with van der Waals surface area (Å²) in [5, 5.41) is 4.89. The average Bonchev–Trinajstić information content (AvgIpc) is 3.03. The number of aromatic nitrogens is 2. The standard InChI is InChI=1S/C19H20ClN3O3S/c1-13(22-27(24,25)18-10-4-15(20)5-11-18)19-12-21-23(14(19)2)16-6-8-17(26-3)9-7-16/h4-13,22H,1-3H3/t13-/m1/s1. The van der Waals surface area contributed by atoms with Crippen molar-refractivity contribution in [2.45, 2.75) is 24.8 Å². The second kappa shape index (κ2) is 7.72. The molecule has 6 nitrogen and oxygen atoms in total. The molecule has 0 spiro atoms. The van der Waals surface area contributed by atoms with Crippen LogP contribution in [0, 0.1) is 6.92 Å². The van der Waals surface area contributed by atoms with Gasteiger partial charge in [-0.05, 0) is 62.4 Å². The summed E-state index contributed by atoms with van der Waals surface area (Å²) < 4.78 is 34.8. The van der Waals surface area contributed by atoms with Crippen LogP contribution in [0.25, 0.3) is 5.69 Å². The molecule has 3 rings (SSSR count). The van der Waals surface area contributed by atoms with Crippen molar-refractivity contribution in [3.05, 3.63) is 71.0 Å². The number of halogens is 1. The first-order valence-electron chi connectivity index (χ1n) is 8.28. The highest BCUT2D eigenvalue weighted by Gasteiger charge is 2.21. The maximum atomic E-state index is 12.6. The van der Waals surface area contributed by atoms with E-state index in [1.807, 2.05) is 31.2 Å². The zero-order chi connectivity index (χ0) is 19.6. The van der Waals surface area contributed by atoms with Crippen LogP contribution in [0.1, 0.15) is 24.2 Å². The van der Waals surface area contributed by atoms with Crippen LogP contribution in [-0.4, -0.2) is 25.3 Å². The molecule has 27 heavy (non-hydrogen) atoms. The normalized spacial score (nSPS) is 12.7. The molecule has 0 fully saturated rings. The third-order valence-corrected chi connectivity index (χ3v) is 6.10. The topological polar surface area (TPSA) is 73.2 Å². The van der Waals surface area contributed by atoms with Crippen molar-refractivity contribution in [1.82, 2.24) is 14.5 Å². The van der Waals surface area contributed by atoms with Gasteiger partial charge in [0, 0.05) is 22.3 Å². The van der Waals surface area contributed by atoms with Gasteiger partial charge >= 0.3 is 0 Å². The Hall–Kier alpha value is -2.35. The van der Waals surface area contributed by atoms with Gasteiger partial charge < -0.3 is 4.74 Å². The SMILES string of the molecule is COc1ccc(-n2ncc([C@@H](C)NS(=O)(=O)c3ccc(Cl)cc3)c2C)cc1. The number of ether oxygens (including phenoxy) is 1. The molecule has 0 aliphatic carbocycles. The van der Waals surface area contributed by atoms with Crippen molar-refractivity contribution in [1.29, 1.82) is 0 Å². The molecule has 0 radical (unpaired) electrons. The molecule has 0 aliphatic heterocycles. The maximum Gasteiger partial charge on any atom is 0.241 e. The molecule has 3 aromatic rings. The molecule has 2 aromatic carbocycles. The van der Waals surface area contributed by atoms with E-state index in [0.717, 1.165) is 22.7 Å². The number of nitrogens with one attached hydrogen (secondary N) is 1. The molecule has 0 aliphatic rings. The summed E-state index contributed by atoms with van der Waals surface area (Å²) in [6.07, 6.45) is 1.68. The van der Waals surface area contributed by atoms with Crippen molar-refractivity contribution in [3.8, 4) is 11.4 Å². The summed E-state index contributed by atoms with van der Waals surface area (Å²) in [5.74, 6) is 0.757. The van der Waals surface area contributed by atoms with E-state index in [2.05, 4.69) is 9.82 Å². The minimum Gasteiger partial charge on any atom is -0.497 e. The molecule has 1 N–H and O–H groups in total. The van der Waals surface area contributed by atoms with Gasteiger partial charge in [-0.15, -0.1) is 0 Å². The van der Waals surface area contributed by atoms with Gasteiger partial charge in [0.15, 0.2) is 0 Å². The van der Waals surface area contributed by atoms with Crippen molar-refractivity contribution in [2.24, 2.45) is 0 Å². The van der Waals surface area contributed by atoms with Crippen LogP contribution in [0.2, 0.25) is 5.02 Å². The molecule has 0 saturated carbocycles. The van der Waals surface area contributed by atoms with Crippen LogP contribution in [0.15, 0.2) is 59.6 Å². The Morgan fingerprint density at radius 1 is 1.11 bits per heavy atom. The molecule has 0 unspecified atom stereocenters. The Labute approximate surface area is 163 Å². The molecule has 142 valence electrons. The number of rotatable bonds is 6. The fourth-order valence-corrected chi connectivity index (χ4v) is 4.16. The van der Waals surface area contributed by atoms with Crippen LogP contribution < -0.4 is 9.46 Å². The van der Waals surface area contributed by atoms with Crippen LogP contribution >= 0.6 is 11.6 Å². The first-order chi connectivity index (χ1) is 12.8. The fraction of sp³-hybridized carbons (Fsp3) is 0.211. The molecule has 1 aromatic heterocycles. The molecule has 1 atom stereocenters.